The average molecular weight is 418 g/mol. The van der Waals surface area contributed by atoms with Crippen molar-refractivity contribution in [2.24, 2.45) is 0 Å². The summed E-state index contributed by atoms with van der Waals surface area (Å²) >= 11 is 0. The summed E-state index contributed by atoms with van der Waals surface area (Å²) in [5.41, 5.74) is 5.75. The van der Waals surface area contributed by atoms with E-state index in [1.807, 2.05) is 12.4 Å². The van der Waals surface area contributed by atoms with Gasteiger partial charge in [-0.3, -0.25) is 5.10 Å². The highest BCUT2D eigenvalue weighted by Gasteiger charge is 2.21. The molecular formula is C22H27N9. The number of fused-ring (bicyclic) bond motifs is 2. The summed E-state index contributed by atoms with van der Waals surface area (Å²) in [5.74, 6) is 1.30. The van der Waals surface area contributed by atoms with Gasteiger partial charge in [0.15, 0.2) is 17.1 Å². The second kappa shape index (κ2) is 7.58. The first kappa shape index (κ1) is 18.7. The molecule has 4 aromatic heterocycles. The molecule has 0 bridgehead atoms. The molecule has 2 fully saturated rings. The molecule has 2 aliphatic rings. The average Bonchev–Trinajstić information content (AvgIpc) is 3.43. The van der Waals surface area contributed by atoms with Gasteiger partial charge in [0.05, 0.1) is 11.1 Å². The second-order valence-corrected chi connectivity index (χ2v) is 8.67. The largest absolute Gasteiger partial charge is 0.367 e. The normalized spacial score (nSPS) is 18.9. The van der Waals surface area contributed by atoms with Gasteiger partial charge in [-0.15, -0.1) is 0 Å². The molecule has 9 heteroatoms. The molecule has 31 heavy (non-hydrogen) atoms. The highest BCUT2D eigenvalue weighted by Crippen LogP contribution is 2.32. The maximum atomic E-state index is 4.81. The third kappa shape index (κ3) is 3.34. The lowest BCUT2D eigenvalue weighted by molar-refractivity contribution is 0.313. The monoisotopic (exact) mass is 417 g/mol. The molecule has 0 amide bonds. The van der Waals surface area contributed by atoms with Crippen LogP contribution in [0.1, 0.15) is 24.3 Å². The molecule has 9 nitrogen and oxygen atoms in total. The third-order valence-electron chi connectivity index (χ3n) is 6.69. The van der Waals surface area contributed by atoms with Gasteiger partial charge in [0.1, 0.15) is 11.2 Å². The van der Waals surface area contributed by atoms with Crippen molar-refractivity contribution in [3.63, 3.8) is 0 Å². The third-order valence-corrected chi connectivity index (χ3v) is 6.69. The molecule has 0 saturated carbocycles. The number of nitrogens with zero attached hydrogens (tertiary/aromatic N) is 6. The van der Waals surface area contributed by atoms with E-state index in [9.17, 15) is 0 Å². The fourth-order valence-electron chi connectivity index (χ4n) is 4.80. The first-order chi connectivity index (χ1) is 15.3. The van der Waals surface area contributed by atoms with E-state index >= 15 is 0 Å². The summed E-state index contributed by atoms with van der Waals surface area (Å²) in [6, 6.07) is 4.32. The van der Waals surface area contributed by atoms with Crippen molar-refractivity contribution in [3.8, 4) is 11.5 Å². The van der Waals surface area contributed by atoms with Gasteiger partial charge in [-0.2, -0.15) is 5.10 Å². The van der Waals surface area contributed by atoms with Gasteiger partial charge in [-0.05, 0) is 56.6 Å². The lowest BCUT2D eigenvalue weighted by Gasteiger charge is -2.34. The van der Waals surface area contributed by atoms with Crippen molar-refractivity contribution in [1.29, 1.82) is 0 Å². The zero-order valence-corrected chi connectivity index (χ0v) is 17.7. The van der Waals surface area contributed by atoms with Crippen molar-refractivity contribution in [2.45, 2.75) is 18.8 Å². The molecule has 6 heterocycles. The Kier molecular flexibility index (Phi) is 4.57. The molecule has 160 valence electrons. The summed E-state index contributed by atoms with van der Waals surface area (Å²) in [7, 11) is 2.17. The minimum absolute atomic E-state index is 0.544. The first-order valence-electron chi connectivity index (χ1n) is 11.1. The molecule has 0 spiro atoms. The SMILES string of the molecule is CN1CCN(c2ccnc3nc(-c4[nH]nc5ncc(C6CCNCC6)cc45)[nH]c23)CC1. The highest BCUT2D eigenvalue weighted by molar-refractivity contribution is 5.93. The van der Waals surface area contributed by atoms with E-state index in [4.69, 9.17) is 4.98 Å². The summed E-state index contributed by atoms with van der Waals surface area (Å²) in [6.07, 6.45) is 6.11. The van der Waals surface area contributed by atoms with E-state index in [-0.39, 0.29) is 0 Å². The fraction of sp³-hybridized carbons (Fsp3) is 0.455. The smallest absolute Gasteiger partial charge is 0.181 e. The van der Waals surface area contributed by atoms with Crippen LogP contribution in [0.25, 0.3) is 33.7 Å². The number of piperazine rings is 1. The van der Waals surface area contributed by atoms with Crippen molar-refractivity contribution in [2.75, 3.05) is 51.2 Å². The van der Waals surface area contributed by atoms with Crippen molar-refractivity contribution < 1.29 is 0 Å². The molecule has 2 aliphatic heterocycles. The number of hydrogen-bond donors (Lipinski definition) is 3. The Morgan fingerprint density at radius 2 is 1.87 bits per heavy atom. The molecule has 0 unspecified atom stereocenters. The number of aromatic amines is 2. The van der Waals surface area contributed by atoms with Gasteiger partial charge in [0.25, 0.3) is 0 Å². The first-order valence-corrected chi connectivity index (χ1v) is 11.1. The Labute approximate surface area is 180 Å². The fourth-order valence-corrected chi connectivity index (χ4v) is 4.80. The summed E-state index contributed by atoms with van der Waals surface area (Å²) < 4.78 is 0. The number of H-pyrrole nitrogens is 2. The van der Waals surface area contributed by atoms with Crippen LogP contribution in [0.3, 0.4) is 0 Å². The summed E-state index contributed by atoms with van der Waals surface area (Å²) in [6.45, 7) is 6.24. The van der Waals surface area contributed by atoms with Gasteiger partial charge in [-0.1, -0.05) is 0 Å². The van der Waals surface area contributed by atoms with Gasteiger partial charge in [0.2, 0.25) is 0 Å². The van der Waals surface area contributed by atoms with Crippen molar-refractivity contribution in [1.82, 2.24) is 40.3 Å². The quantitative estimate of drug-likeness (QED) is 0.469. The van der Waals surface area contributed by atoms with Gasteiger partial charge in [0, 0.05) is 38.6 Å². The Morgan fingerprint density at radius 3 is 2.71 bits per heavy atom. The second-order valence-electron chi connectivity index (χ2n) is 8.67. The number of nitrogens with one attached hydrogen (secondary N) is 3. The van der Waals surface area contributed by atoms with Crippen molar-refractivity contribution in [3.05, 3.63) is 30.1 Å². The Hall–Kier alpha value is -3.04. The zero-order valence-electron chi connectivity index (χ0n) is 17.7. The van der Waals surface area contributed by atoms with E-state index in [0.717, 1.165) is 91.5 Å². The van der Waals surface area contributed by atoms with Crippen LogP contribution in [0.2, 0.25) is 0 Å². The van der Waals surface area contributed by atoms with Crippen LogP contribution in [-0.4, -0.2) is 81.3 Å². The lowest BCUT2D eigenvalue weighted by Crippen LogP contribution is -2.44. The molecular weight excluding hydrogens is 390 g/mol. The Morgan fingerprint density at radius 1 is 1.03 bits per heavy atom. The number of rotatable bonds is 3. The summed E-state index contributed by atoms with van der Waals surface area (Å²) in [5, 5.41) is 12.0. The van der Waals surface area contributed by atoms with E-state index < -0.39 is 0 Å². The highest BCUT2D eigenvalue weighted by atomic mass is 15.3. The summed E-state index contributed by atoms with van der Waals surface area (Å²) in [4.78, 5) is 22.2. The number of likely N-dealkylation sites (N-methyl/N-ethyl adjacent to an activating group) is 1. The van der Waals surface area contributed by atoms with Crippen molar-refractivity contribution >= 4 is 27.9 Å². The van der Waals surface area contributed by atoms with Crippen LogP contribution < -0.4 is 10.2 Å². The molecule has 4 aromatic rings. The van der Waals surface area contributed by atoms with Gasteiger partial charge >= 0.3 is 0 Å². The number of pyridine rings is 2. The number of hydrogen-bond acceptors (Lipinski definition) is 7. The Balaban J connectivity index is 1.40. The minimum Gasteiger partial charge on any atom is -0.367 e. The number of piperidine rings is 1. The molecule has 6 rings (SSSR count). The van der Waals surface area contributed by atoms with Crippen LogP contribution in [0.4, 0.5) is 5.69 Å². The maximum absolute atomic E-state index is 4.81. The minimum atomic E-state index is 0.544. The van der Waals surface area contributed by atoms with E-state index in [1.54, 1.807) is 0 Å². The van der Waals surface area contributed by atoms with E-state index in [1.165, 1.54) is 5.56 Å². The van der Waals surface area contributed by atoms with Crippen LogP contribution in [-0.2, 0) is 0 Å². The zero-order chi connectivity index (χ0) is 20.8. The molecule has 0 atom stereocenters. The number of anilines is 1. The van der Waals surface area contributed by atoms with E-state index in [2.05, 4.69) is 59.4 Å². The van der Waals surface area contributed by atoms with Crippen LogP contribution >= 0.6 is 0 Å². The van der Waals surface area contributed by atoms with Crippen LogP contribution in [0.5, 0.6) is 0 Å². The number of imidazole rings is 1. The van der Waals surface area contributed by atoms with Gasteiger partial charge < -0.3 is 20.1 Å². The molecule has 2 saturated heterocycles. The van der Waals surface area contributed by atoms with Crippen LogP contribution in [0, 0.1) is 0 Å². The molecule has 0 radical (unpaired) electrons. The molecule has 0 aliphatic carbocycles. The van der Waals surface area contributed by atoms with Crippen LogP contribution in [0.15, 0.2) is 24.5 Å². The predicted octanol–water partition coefficient (Wildman–Crippen LogP) is 2.11. The topological polar surface area (TPSA) is 102 Å². The van der Waals surface area contributed by atoms with Gasteiger partial charge in [-0.25, -0.2) is 15.0 Å². The van der Waals surface area contributed by atoms with E-state index in [0.29, 0.717) is 5.92 Å². The molecule has 3 N–H and O–H groups in total. The predicted molar refractivity (Wildman–Crippen MR) is 121 cm³/mol. The number of aromatic nitrogens is 6. The lowest BCUT2D eigenvalue weighted by atomic mass is 9.91. The standard InChI is InChI=1S/C22H27N9/c1-30-8-10-31(11-9-30)17-4-7-24-21-19(17)26-22(27-21)18-16-12-15(13-25-20(16)29-28-18)14-2-5-23-6-3-14/h4,7,12-14,23H,2-3,5-6,8-11H2,1H3,(H,24,26,27)(H,25,28,29). The maximum Gasteiger partial charge on any atom is 0.181 e. The Bertz CT molecular complexity index is 1210. The molecule has 0 aromatic carbocycles.